The van der Waals surface area contributed by atoms with Gasteiger partial charge < -0.3 is 16.4 Å². The summed E-state index contributed by atoms with van der Waals surface area (Å²) in [5.41, 5.74) is 4.85. The quantitative estimate of drug-likeness (QED) is 0.465. The highest BCUT2D eigenvalue weighted by Gasteiger charge is 2.13. The molecule has 2 rings (SSSR count). The first-order valence-electron chi connectivity index (χ1n) is 7.67. The molecule has 1 heterocycles. The van der Waals surface area contributed by atoms with E-state index in [4.69, 9.17) is 5.73 Å². The third kappa shape index (κ3) is 5.86. The molecule has 0 amide bonds. The van der Waals surface area contributed by atoms with Crippen molar-refractivity contribution in [2.45, 2.75) is 13.0 Å². The van der Waals surface area contributed by atoms with Gasteiger partial charge in [-0.3, -0.25) is 4.99 Å². The maximum atomic E-state index is 13.8. The molecule has 0 atom stereocenters. The van der Waals surface area contributed by atoms with Crippen LogP contribution < -0.4 is 16.4 Å². The van der Waals surface area contributed by atoms with Gasteiger partial charge >= 0.3 is 0 Å². The molecular weight excluding hydrogens is 390 g/mol. The Morgan fingerprint density at radius 3 is 2.43 bits per heavy atom. The van der Waals surface area contributed by atoms with Gasteiger partial charge in [-0.25, -0.2) is 31.3 Å². The number of rotatable bonds is 8. The van der Waals surface area contributed by atoms with Gasteiger partial charge in [-0.2, -0.15) is 4.98 Å². The van der Waals surface area contributed by atoms with Crippen LogP contribution >= 0.6 is 0 Å². The van der Waals surface area contributed by atoms with Crippen LogP contribution in [0.4, 0.5) is 38.1 Å². The molecule has 6 nitrogen and oxygen atoms in total. The maximum absolute atomic E-state index is 13.8. The van der Waals surface area contributed by atoms with Gasteiger partial charge in [-0.15, -0.1) is 0 Å². The van der Waals surface area contributed by atoms with Crippen LogP contribution in [-0.4, -0.2) is 29.2 Å². The molecule has 12 heteroatoms. The fourth-order valence-electron chi connectivity index (χ4n) is 1.94. The van der Waals surface area contributed by atoms with E-state index in [2.05, 4.69) is 25.6 Å². The molecule has 0 radical (unpaired) electrons. The molecule has 0 spiro atoms. The Bertz CT molecular complexity index is 863. The van der Waals surface area contributed by atoms with E-state index in [0.717, 1.165) is 18.6 Å². The molecule has 4 N–H and O–H groups in total. The van der Waals surface area contributed by atoms with Gasteiger partial charge in [0, 0.05) is 36.7 Å². The number of alkyl halides is 2. The molecule has 1 aromatic carbocycles. The number of allylic oxidation sites excluding steroid dienone is 1. The number of hydrogen-bond donors (Lipinski definition) is 3. The smallest absolute Gasteiger partial charge is 0.257 e. The van der Waals surface area contributed by atoms with Crippen LogP contribution in [0.5, 0.6) is 0 Å². The molecule has 0 aliphatic carbocycles. The lowest BCUT2D eigenvalue weighted by molar-refractivity contribution is 0.159. The van der Waals surface area contributed by atoms with Gasteiger partial charge in [-0.05, 0) is 0 Å². The molecule has 0 aliphatic heterocycles. The first-order chi connectivity index (χ1) is 13.3. The third-order valence-electron chi connectivity index (χ3n) is 3.19. The molecule has 0 fully saturated rings. The minimum absolute atomic E-state index is 0.0498. The summed E-state index contributed by atoms with van der Waals surface area (Å²) in [6, 6.07) is 0.973. The van der Waals surface area contributed by atoms with Gasteiger partial charge in [0.15, 0.2) is 11.6 Å². The summed E-state index contributed by atoms with van der Waals surface area (Å²) in [7, 11) is 0. The molecule has 2 aromatic rings. The lowest BCUT2D eigenvalue weighted by atomic mass is 10.2. The summed E-state index contributed by atoms with van der Waals surface area (Å²) in [6.07, 6.45) is 0.132. The van der Waals surface area contributed by atoms with Crippen molar-refractivity contribution in [3.63, 3.8) is 0 Å². The summed E-state index contributed by atoms with van der Waals surface area (Å²) in [5, 5.41) is 4.88. The van der Waals surface area contributed by atoms with Crippen LogP contribution in [0.1, 0.15) is 5.56 Å². The van der Waals surface area contributed by atoms with Crippen molar-refractivity contribution in [1.29, 1.82) is 0 Å². The van der Waals surface area contributed by atoms with Crippen molar-refractivity contribution in [1.82, 2.24) is 9.97 Å². The van der Waals surface area contributed by atoms with Crippen molar-refractivity contribution in [3.05, 3.63) is 59.1 Å². The highest BCUT2D eigenvalue weighted by molar-refractivity contribution is 5.82. The van der Waals surface area contributed by atoms with Crippen LogP contribution in [0.15, 0.2) is 35.2 Å². The van der Waals surface area contributed by atoms with E-state index in [9.17, 15) is 26.3 Å². The number of hydrogen-bond acceptors (Lipinski definition) is 6. The lowest BCUT2D eigenvalue weighted by Gasteiger charge is -2.11. The van der Waals surface area contributed by atoms with Crippen molar-refractivity contribution in [2.24, 2.45) is 10.7 Å². The highest BCUT2D eigenvalue weighted by atomic mass is 19.3. The Labute approximate surface area is 155 Å². The number of nitrogens with zero attached hydrogens (tertiary/aromatic N) is 3. The number of benzene rings is 1. The van der Waals surface area contributed by atoms with E-state index in [1.54, 1.807) is 0 Å². The van der Waals surface area contributed by atoms with Crippen molar-refractivity contribution < 1.29 is 26.3 Å². The number of nitrogens with one attached hydrogen (secondary N) is 2. The van der Waals surface area contributed by atoms with E-state index in [0.29, 0.717) is 12.1 Å². The zero-order valence-corrected chi connectivity index (χ0v) is 14.1. The van der Waals surface area contributed by atoms with Crippen LogP contribution in [0.3, 0.4) is 0 Å². The second-order valence-electron chi connectivity index (χ2n) is 5.22. The number of nitrogens with two attached hydrogens (primary N) is 1. The number of aromatic nitrogens is 2. The fraction of sp³-hybridized carbons (Fsp3) is 0.188. The summed E-state index contributed by atoms with van der Waals surface area (Å²) in [4.78, 5) is 10.8. The second kappa shape index (κ2) is 9.58. The van der Waals surface area contributed by atoms with Crippen molar-refractivity contribution in [3.8, 4) is 0 Å². The predicted molar refractivity (Wildman–Crippen MR) is 90.9 cm³/mol. The zero-order valence-electron chi connectivity index (χ0n) is 14.1. The monoisotopic (exact) mass is 404 g/mol. The molecule has 0 aliphatic rings. The van der Waals surface area contributed by atoms with E-state index in [-0.39, 0.29) is 11.6 Å². The number of aliphatic imine (C=N–C) groups is 1. The summed E-state index contributed by atoms with van der Waals surface area (Å²) < 4.78 is 78.2. The molecule has 0 saturated heterocycles. The molecule has 0 unspecified atom stereocenters. The van der Waals surface area contributed by atoms with Gasteiger partial charge in [0.25, 0.3) is 6.43 Å². The molecule has 28 heavy (non-hydrogen) atoms. The largest absolute Gasteiger partial charge is 0.403 e. The highest BCUT2D eigenvalue weighted by Crippen LogP contribution is 2.18. The molecule has 1 aromatic heterocycles. The topological polar surface area (TPSA) is 88.2 Å². The Hall–Kier alpha value is -3.31. The van der Waals surface area contributed by atoms with E-state index in [1.165, 1.54) is 0 Å². The average molecular weight is 404 g/mol. The lowest BCUT2D eigenvalue weighted by Crippen LogP contribution is -2.12. The predicted octanol–water partition coefficient (Wildman–Crippen LogP) is 3.19. The van der Waals surface area contributed by atoms with E-state index in [1.807, 2.05) is 0 Å². The van der Waals surface area contributed by atoms with E-state index >= 15 is 0 Å². The Morgan fingerprint density at radius 2 is 1.82 bits per heavy atom. The minimum atomic E-state index is -2.64. The first-order valence-corrected chi connectivity index (χ1v) is 7.67. The molecule has 150 valence electrons. The SMILES string of the molecule is NC=C(C=NCC(F)F)Nc1ncc(F)c(NCc2c(F)cc(F)cc2F)n1. The van der Waals surface area contributed by atoms with Gasteiger partial charge in [-0.1, -0.05) is 0 Å². The van der Waals surface area contributed by atoms with Gasteiger partial charge in [0.1, 0.15) is 17.5 Å². The molecule has 0 saturated carbocycles. The Morgan fingerprint density at radius 1 is 1.14 bits per heavy atom. The van der Waals surface area contributed by atoms with Gasteiger partial charge in [0.2, 0.25) is 5.95 Å². The van der Waals surface area contributed by atoms with Crippen LogP contribution in [0.25, 0.3) is 0 Å². The second-order valence-corrected chi connectivity index (χ2v) is 5.22. The standard InChI is InChI=1S/C16H14F6N6/c17-8-1-11(18)10(12(19)2-8)5-25-15-13(20)6-26-16(28-15)27-9(3-23)4-24-7-14(21)22/h1-4,6,14H,5,7,23H2,(H2,25,26,27,28). The average Bonchev–Trinajstić information content (AvgIpc) is 2.62. The van der Waals surface area contributed by atoms with Crippen LogP contribution in [-0.2, 0) is 6.54 Å². The summed E-state index contributed by atoms with van der Waals surface area (Å²) in [6.45, 7) is -1.27. The van der Waals surface area contributed by atoms with E-state index < -0.39 is 54.2 Å². The first kappa shape index (κ1) is 21.0. The zero-order chi connectivity index (χ0) is 20.7. The molecular formula is C16H14F6N6. The Kier molecular flexibility index (Phi) is 7.18. The van der Waals surface area contributed by atoms with Crippen LogP contribution in [0, 0.1) is 23.3 Å². The third-order valence-corrected chi connectivity index (χ3v) is 3.19. The number of halogens is 6. The molecule has 0 bridgehead atoms. The maximum Gasteiger partial charge on any atom is 0.257 e. The van der Waals surface area contributed by atoms with Crippen molar-refractivity contribution >= 4 is 18.0 Å². The number of anilines is 2. The summed E-state index contributed by atoms with van der Waals surface area (Å²) in [5.74, 6) is -4.93. The van der Waals surface area contributed by atoms with Gasteiger partial charge in [0.05, 0.1) is 18.4 Å². The summed E-state index contributed by atoms with van der Waals surface area (Å²) >= 11 is 0. The van der Waals surface area contributed by atoms with Crippen LogP contribution in [0.2, 0.25) is 0 Å². The minimum Gasteiger partial charge on any atom is -0.403 e. The Balaban J connectivity index is 2.12. The fourth-order valence-corrected chi connectivity index (χ4v) is 1.94. The van der Waals surface area contributed by atoms with Crippen molar-refractivity contribution in [2.75, 3.05) is 17.2 Å². The normalized spacial score (nSPS) is 12.0.